The molecular weight excluding hydrogens is 507 g/mol. The summed E-state index contributed by atoms with van der Waals surface area (Å²) in [6.45, 7) is 2.69. The maximum atomic E-state index is 14.5. The van der Waals surface area contributed by atoms with Crippen LogP contribution in [0.5, 0.6) is 17.5 Å². The van der Waals surface area contributed by atoms with E-state index in [9.17, 15) is 18.7 Å². The standard InChI is InChI=1S/C27H23F2N3O5.Na/c1-2-35-27-31-25-19(29)9-15(28)10-22(25)32(27)21-5-3-4-18-20(13-37-26(18)21)30-16-6-7-17-14(8-24(33)34)12-36-23(17)11-16;/h3-7,9-11,14,20,30H,2,8,12-13H2,1H3,(H,33,34);/q;+1/p-1/t14-,20-;/m1./s1. The van der Waals surface area contributed by atoms with Crippen molar-refractivity contribution in [2.45, 2.75) is 25.3 Å². The number of para-hydroxylation sites is 1. The average molecular weight is 529 g/mol. The topological polar surface area (TPSA) is 97.7 Å². The molecule has 0 amide bonds. The maximum absolute atomic E-state index is 14.5. The van der Waals surface area contributed by atoms with Crippen molar-refractivity contribution in [3.8, 4) is 23.2 Å². The van der Waals surface area contributed by atoms with Crippen LogP contribution in [0.1, 0.15) is 36.4 Å². The van der Waals surface area contributed by atoms with Gasteiger partial charge in [-0.3, -0.25) is 4.57 Å². The van der Waals surface area contributed by atoms with Gasteiger partial charge in [-0.15, -0.1) is 0 Å². The zero-order valence-electron chi connectivity index (χ0n) is 20.8. The summed E-state index contributed by atoms with van der Waals surface area (Å²) in [6.07, 6.45) is -0.0904. The third-order valence-corrected chi connectivity index (χ3v) is 6.60. The average Bonchev–Trinajstić information content (AvgIpc) is 3.55. The SMILES string of the molecule is CCOc1nc2c(F)cc(F)cc2n1-c1cccc2c1OC[C@H]2Nc1ccc2c(c1)OC[C@H]2CC(=O)[O-].[Na+]. The summed E-state index contributed by atoms with van der Waals surface area (Å²) in [4.78, 5) is 15.3. The molecule has 4 aromatic rings. The van der Waals surface area contributed by atoms with Crippen LogP contribution in [-0.2, 0) is 4.79 Å². The van der Waals surface area contributed by atoms with E-state index in [1.54, 1.807) is 17.6 Å². The van der Waals surface area contributed by atoms with E-state index in [4.69, 9.17) is 14.2 Å². The molecular formula is C27H22F2N3NaO5. The Balaban J connectivity index is 0.00000294. The number of benzene rings is 3. The second-order valence-electron chi connectivity index (χ2n) is 8.96. The fourth-order valence-corrected chi connectivity index (χ4v) is 5.00. The van der Waals surface area contributed by atoms with Gasteiger partial charge < -0.3 is 29.4 Å². The van der Waals surface area contributed by atoms with Crippen LogP contribution in [-0.4, -0.2) is 35.3 Å². The molecule has 3 heterocycles. The molecule has 0 fully saturated rings. The van der Waals surface area contributed by atoms with Crippen molar-refractivity contribution in [2.24, 2.45) is 0 Å². The molecule has 0 spiro atoms. The molecule has 0 saturated carbocycles. The van der Waals surface area contributed by atoms with Gasteiger partial charge in [0, 0.05) is 46.9 Å². The minimum atomic E-state index is -1.11. The summed E-state index contributed by atoms with van der Waals surface area (Å²) >= 11 is 0. The molecule has 3 aromatic carbocycles. The molecule has 8 nitrogen and oxygen atoms in total. The Bertz CT molecular complexity index is 1540. The predicted octanol–water partition coefficient (Wildman–Crippen LogP) is 0.868. The first kappa shape index (κ1) is 26.3. The Morgan fingerprint density at radius 1 is 1.16 bits per heavy atom. The molecule has 190 valence electrons. The fraction of sp³-hybridized carbons (Fsp3) is 0.259. The largest absolute Gasteiger partial charge is 1.00 e. The van der Waals surface area contributed by atoms with Gasteiger partial charge in [-0.1, -0.05) is 18.2 Å². The monoisotopic (exact) mass is 529 g/mol. The van der Waals surface area contributed by atoms with Gasteiger partial charge in [-0.2, -0.15) is 4.98 Å². The molecule has 0 unspecified atom stereocenters. The van der Waals surface area contributed by atoms with E-state index in [0.717, 1.165) is 22.9 Å². The molecule has 2 aliphatic rings. The van der Waals surface area contributed by atoms with Gasteiger partial charge in [0.05, 0.1) is 30.5 Å². The van der Waals surface area contributed by atoms with Gasteiger partial charge in [0.2, 0.25) is 0 Å². The number of fused-ring (bicyclic) bond motifs is 3. The van der Waals surface area contributed by atoms with E-state index in [2.05, 4.69) is 10.3 Å². The van der Waals surface area contributed by atoms with Crippen LogP contribution in [0.4, 0.5) is 14.5 Å². The second kappa shape index (κ2) is 10.4. The van der Waals surface area contributed by atoms with E-state index < -0.39 is 17.6 Å². The van der Waals surface area contributed by atoms with Crippen LogP contribution >= 0.6 is 0 Å². The molecule has 1 N–H and O–H groups in total. The first-order chi connectivity index (χ1) is 17.9. The normalized spacial score (nSPS) is 17.2. The van der Waals surface area contributed by atoms with Crippen LogP contribution in [0.25, 0.3) is 16.7 Å². The molecule has 1 aromatic heterocycles. The minimum Gasteiger partial charge on any atom is -0.550 e. The van der Waals surface area contributed by atoms with Crippen molar-refractivity contribution in [2.75, 3.05) is 25.1 Å². The van der Waals surface area contributed by atoms with Crippen molar-refractivity contribution < 1.29 is 62.4 Å². The quantitative estimate of drug-likeness (QED) is 0.355. The number of carbonyl (C=O) groups is 1. The van der Waals surface area contributed by atoms with Crippen LogP contribution in [0.2, 0.25) is 0 Å². The fourth-order valence-electron chi connectivity index (χ4n) is 5.00. The molecule has 0 saturated heterocycles. The predicted molar refractivity (Wildman–Crippen MR) is 128 cm³/mol. The van der Waals surface area contributed by atoms with E-state index in [1.807, 2.05) is 30.3 Å². The van der Waals surface area contributed by atoms with Gasteiger partial charge in [-0.25, -0.2) is 8.78 Å². The number of aromatic nitrogens is 2. The number of hydrogen-bond donors (Lipinski definition) is 1. The Morgan fingerprint density at radius 2 is 2.00 bits per heavy atom. The van der Waals surface area contributed by atoms with Gasteiger partial charge in [0.15, 0.2) is 5.82 Å². The Hall–Kier alpha value is -3.34. The number of nitrogens with one attached hydrogen (secondary N) is 1. The molecule has 0 bridgehead atoms. The first-order valence-corrected chi connectivity index (χ1v) is 11.9. The van der Waals surface area contributed by atoms with Crippen LogP contribution in [0, 0.1) is 11.6 Å². The third-order valence-electron chi connectivity index (χ3n) is 6.60. The van der Waals surface area contributed by atoms with Gasteiger partial charge in [-0.05, 0) is 25.5 Å². The summed E-state index contributed by atoms with van der Waals surface area (Å²) in [7, 11) is 0. The first-order valence-electron chi connectivity index (χ1n) is 11.9. The summed E-state index contributed by atoms with van der Waals surface area (Å²) in [5.74, 6) is -1.64. The van der Waals surface area contributed by atoms with Crippen molar-refractivity contribution in [3.63, 3.8) is 0 Å². The van der Waals surface area contributed by atoms with Crippen molar-refractivity contribution in [1.29, 1.82) is 0 Å². The van der Waals surface area contributed by atoms with Crippen molar-refractivity contribution >= 4 is 22.7 Å². The molecule has 2 atom stereocenters. The van der Waals surface area contributed by atoms with Gasteiger partial charge in [0.25, 0.3) is 0 Å². The number of anilines is 1. The number of halogens is 2. The van der Waals surface area contributed by atoms with Crippen molar-refractivity contribution in [1.82, 2.24) is 9.55 Å². The van der Waals surface area contributed by atoms with E-state index in [-0.39, 0.29) is 71.6 Å². The number of ether oxygens (including phenoxy) is 3. The summed E-state index contributed by atoms with van der Waals surface area (Å²) in [5.41, 5.74) is 3.28. The Morgan fingerprint density at radius 3 is 2.79 bits per heavy atom. The van der Waals surface area contributed by atoms with Gasteiger partial charge >= 0.3 is 35.6 Å². The number of imidazole rings is 1. The molecule has 2 aliphatic heterocycles. The summed E-state index contributed by atoms with van der Waals surface area (Å²) < 4.78 is 47.7. The number of hydrogen-bond acceptors (Lipinski definition) is 7. The number of carboxylic acid groups (broad SMARTS) is 1. The second-order valence-corrected chi connectivity index (χ2v) is 8.96. The van der Waals surface area contributed by atoms with Crippen LogP contribution < -0.4 is 54.2 Å². The number of rotatable bonds is 7. The van der Waals surface area contributed by atoms with Crippen LogP contribution in [0.3, 0.4) is 0 Å². The van der Waals surface area contributed by atoms with E-state index >= 15 is 0 Å². The number of carbonyl (C=O) groups excluding carboxylic acids is 1. The molecule has 0 aliphatic carbocycles. The van der Waals surface area contributed by atoms with Crippen LogP contribution in [0.15, 0.2) is 48.5 Å². The number of nitrogens with zero attached hydrogens (tertiary/aromatic N) is 2. The molecule has 0 radical (unpaired) electrons. The van der Waals surface area contributed by atoms with Gasteiger partial charge in [0.1, 0.15) is 29.4 Å². The molecule has 6 rings (SSSR count). The zero-order valence-corrected chi connectivity index (χ0v) is 22.8. The smallest absolute Gasteiger partial charge is 0.550 e. The third kappa shape index (κ3) is 4.57. The molecule has 38 heavy (non-hydrogen) atoms. The Kier molecular flexibility index (Phi) is 7.21. The van der Waals surface area contributed by atoms with E-state index in [1.165, 1.54) is 6.07 Å². The summed E-state index contributed by atoms with van der Waals surface area (Å²) in [6, 6.07) is 13.1. The van der Waals surface area contributed by atoms with Crippen molar-refractivity contribution in [3.05, 3.63) is 71.3 Å². The zero-order chi connectivity index (χ0) is 25.7. The van der Waals surface area contributed by atoms with E-state index in [0.29, 0.717) is 30.4 Å². The Labute approximate surface area is 238 Å². The maximum Gasteiger partial charge on any atom is 1.00 e. The number of aliphatic carboxylic acids is 1. The number of carboxylic acids is 1. The summed E-state index contributed by atoms with van der Waals surface area (Å²) in [5, 5.41) is 14.5. The minimum absolute atomic E-state index is 0. The molecule has 11 heteroatoms.